The molecule has 94 valence electrons. The summed E-state index contributed by atoms with van der Waals surface area (Å²) in [7, 11) is -3.23. The monoisotopic (exact) mass is 255 g/mol. The summed E-state index contributed by atoms with van der Waals surface area (Å²) in [5.74, 6) is 0. The van der Waals surface area contributed by atoms with E-state index >= 15 is 0 Å². The molecule has 1 rings (SSSR count). The van der Waals surface area contributed by atoms with Gasteiger partial charge >= 0.3 is 0 Å². The van der Waals surface area contributed by atoms with Crippen molar-refractivity contribution in [1.29, 1.82) is 0 Å². The van der Waals surface area contributed by atoms with Crippen LogP contribution in [0, 0.1) is 0 Å². The van der Waals surface area contributed by atoms with Gasteiger partial charge in [-0.15, -0.1) is 0 Å². The zero-order chi connectivity index (χ0) is 13.1. The van der Waals surface area contributed by atoms with Gasteiger partial charge in [0.15, 0.2) is 0 Å². The molecule has 0 spiro atoms. The van der Waals surface area contributed by atoms with Gasteiger partial charge in [-0.25, -0.2) is 8.42 Å². The quantitative estimate of drug-likeness (QED) is 0.862. The second kappa shape index (κ2) is 4.89. The van der Waals surface area contributed by atoms with E-state index in [-0.39, 0.29) is 0 Å². The van der Waals surface area contributed by atoms with Gasteiger partial charge in [0.05, 0.1) is 11.9 Å². The highest BCUT2D eigenvalue weighted by molar-refractivity contribution is 7.92. The Morgan fingerprint density at radius 1 is 1.24 bits per heavy atom. The van der Waals surface area contributed by atoms with E-state index in [0.717, 1.165) is 11.8 Å². The topological polar surface area (TPSA) is 66.4 Å². The molecule has 0 aliphatic heterocycles. The van der Waals surface area contributed by atoms with Gasteiger partial charge in [-0.1, -0.05) is 24.3 Å². The lowest BCUT2D eigenvalue weighted by atomic mass is 10.1. The molecule has 0 aromatic heterocycles. The fourth-order valence-electron chi connectivity index (χ4n) is 1.18. The lowest BCUT2D eigenvalue weighted by Gasteiger charge is -2.10. The highest BCUT2D eigenvalue weighted by atomic mass is 32.2. The van der Waals surface area contributed by atoms with Gasteiger partial charge in [0, 0.05) is 5.69 Å². The Balaban J connectivity index is 2.79. The summed E-state index contributed by atoms with van der Waals surface area (Å²) in [6.07, 6.45) is 4.56. The SMILES string of the molecule is CC(C)(O)C=Cc1ccc(NS(C)(=O)=O)cc1. The Morgan fingerprint density at radius 2 is 1.76 bits per heavy atom. The van der Waals surface area contributed by atoms with Crippen LogP contribution < -0.4 is 4.72 Å². The molecule has 0 saturated heterocycles. The van der Waals surface area contributed by atoms with Crippen molar-refractivity contribution >= 4 is 21.8 Å². The van der Waals surface area contributed by atoms with Crippen LogP contribution in [0.1, 0.15) is 19.4 Å². The molecule has 5 heteroatoms. The van der Waals surface area contributed by atoms with E-state index in [0.29, 0.717) is 5.69 Å². The van der Waals surface area contributed by atoms with Crippen LogP contribution in [0.4, 0.5) is 5.69 Å². The molecule has 0 aliphatic rings. The van der Waals surface area contributed by atoms with Gasteiger partial charge in [-0.2, -0.15) is 0 Å². The smallest absolute Gasteiger partial charge is 0.229 e. The van der Waals surface area contributed by atoms with Gasteiger partial charge in [-0.05, 0) is 31.5 Å². The number of anilines is 1. The van der Waals surface area contributed by atoms with Crippen molar-refractivity contribution in [3.8, 4) is 0 Å². The Morgan fingerprint density at radius 3 is 2.18 bits per heavy atom. The molecule has 17 heavy (non-hydrogen) atoms. The van der Waals surface area contributed by atoms with Gasteiger partial charge in [-0.3, -0.25) is 4.72 Å². The lowest BCUT2D eigenvalue weighted by Crippen LogP contribution is -2.13. The molecule has 0 heterocycles. The molecule has 0 unspecified atom stereocenters. The lowest BCUT2D eigenvalue weighted by molar-refractivity contribution is 0.134. The fraction of sp³-hybridized carbons (Fsp3) is 0.333. The summed E-state index contributed by atoms with van der Waals surface area (Å²) >= 11 is 0. The number of sulfonamides is 1. The van der Waals surface area contributed by atoms with Crippen LogP contribution in [0.5, 0.6) is 0 Å². The van der Waals surface area contributed by atoms with E-state index in [4.69, 9.17) is 0 Å². The molecule has 0 atom stereocenters. The first kappa shape index (κ1) is 13.7. The zero-order valence-electron chi connectivity index (χ0n) is 10.1. The minimum atomic E-state index is -3.23. The van der Waals surface area contributed by atoms with Crippen LogP contribution in [0.25, 0.3) is 6.08 Å². The van der Waals surface area contributed by atoms with E-state index in [1.54, 1.807) is 50.3 Å². The number of rotatable bonds is 4. The second-order valence-corrected chi connectivity index (χ2v) is 6.23. The molecule has 0 aliphatic carbocycles. The van der Waals surface area contributed by atoms with Crippen molar-refractivity contribution in [1.82, 2.24) is 0 Å². The Hall–Kier alpha value is -1.33. The summed E-state index contributed by atoms with van der Waals surface area (Å²) < 4.78 is 24.3. The van der Waals surface area contributed by atoms with Crippen LogP contribution in [-0.4, -0.2) is 25.4 Å². The van der Waals surface area contributed by atoms with E-state index in [1.165, 1.54) is 0 Å². The Bertz CT molecular complexity index is 496. The van der Waals surface area contributed by atoms with Crippen molar-refractivity contribution in [2.24, 2.45) is 0 Å². The average Bonchev–Trinajstić information content (AvgIpc) is 2.13. The van der Waals surface area contributed by atoms with E-state index in [1.807, 2.05) is 0 Å². The molecule has 4 nitrogen and oxygen atoms in total. The predicted octanol–water partition coefficient (Wildman–Crippen LogP) is 1.84. The third-order valence-electron chi connectivity index (χ3n) is 1.90. The third kappa shape index (κ3) is 6.09. The molecular weight excluding hydrogens is 238 g/mol. The first-order chi connectivity index (χ1) is 7.66. The maximum Gasteiger partial charge on any atom is 0.229 e. The van der Waals surface area contributed by atoms with Gasteiger partial charge in [0.25, 0.3) is 0 Å². The average molecular weight is 255 g/mol. The van der Waals surface area contributed by atoms with E-state index in [2.05, 4.69) is 4.72 Å². The summed E-state index contributed by atoms with van der Waals surface area (Å²) in [4.78, 5) is 0. The van der Waals surface area contributed by atoms with Gasteiger partial charge in [0.1, 0.15) is 0 Å². The summed E-state index contributed by atoms with van der Waals surface area (Å²) in [6, 6.07) is 6.89. The summed E-state index contributed by atoms with van der Waals surface area (Å²) in [5, 5.41) is 9.51. The first-order valence-electron chi connectivity index (χ1n) is 5.15. The highest BCUT2D eigenvalue weighted by Crippen LogP contribution is 2.13. The van der Waals surface area contributed by atoms with E-state index in [9.17, 15) is 13.5 Å². The van der Waals surface area contributed by atoms with Crippen LogP contribution >= 0.6 is 0 Å². The molecule has 0 radical (unpaired) electrons. The molecule has 1 aromatic rings. The van der Waals surface area contributed by atoms with Gasteiger partial charge < -0.3 is 5.11 Å². The minimum Gasteiger partial charge on any atom is -0.386 e. The summed E-state index contributed by atoms with van der Waals surface area (Å²) in [6.45, 7) is 3.37. The van der Waals surface area contributed by atoms with Crippen molar-refractivity contribution in [3.05, 3.63) is 35.9 Å². The molecule has 0 bridgehead atoms. The largest absolute Gasteiger partial charge is 0.386 e. The van der Waals surface area contributed by atoms with Crippen LogP contribution in [0.2, 0.25) is 0 Å². The third-order valence-corrected chi connectivity index (χ3v) is 2.50. The molecule has 1 aromatic carbocycles. The second-order valence-electron chi connectivity index (χ2n) is 4.48. The molecule has 0 fully saturated rings. The maximum atomic E-state index is 11.0. The molecular formula is C12H17NO3S. The number of hydrogen-bond donors (Lipinski definition) is 2. The first-order valence-corrected chi connectivity index (χ1v) is 7.04. The predicted molar refractivity (Wildman–Crippen MR) is 70.2 cm³/mol. The molecule has 2 N–H and O–H groups in total. The number of nitrogens with one attached hydrogen (secondary N) is 1. The Labute approximate surface area is 102 Å². The van der Waals surface area contributed by atoms with Crippen molar-refractivity contribution in [3.63, 3.8) is 0 Å². The number of hydrogen-bond acceptors (Lipinski definition) is 3. The van der Waals surface area contributed by atoms with Crippen LogP contribution in [-0.2, 0) is 10.0 Å². The highest BCUT2D eigenvalue weighted by Gasteiger charge is 2.05. The standard InChI is InChI=1S/C12H17NO3S/c1-12(2,14)9-8-10-4-6-11(7-5-10)13-17(3,15)16/h4-9,13-14H,1-3H3. The van der Waals surface area contributed by atoms with Crippen LogP contribution in [0.15, 0.2) is 30.3 Å². The van der Waals surface area contributed by atoms with Crippen LogP contribution in [0.3, 0.4) is 0 Å². The molecule has 0 amide bonds. The number of benzene rings is 1. The van der Waals surface area contributed by atoms with Crippen molar-refractivity contribution < 1.29 is 13.5 Å². The van der Waals surface area contributed by atoms with E-state index < -0.39 is 15.6 Å². The Kier molecular flexibility index (Phi) is 3.95. The number of aliphatic hydroxyl groups is 1. The minimum absolute atomic E-state index is 0.521. The summed E-state index contributed by atoms with van der Waals surface area (Å²) in [5.41, 5.74) is 0.558. The van der Waals surface area contributed by atoms with Crippen molar-refractivity contribution in [2.45, 2.75) is 19.4 Å². The maximum absolute atomic E-state index is 11.0. The normalized spacial score (nSPS) is 12.9. The molecule has 0 saturated carbocycles. The van der Waals surface area contributed by atoms with Crippen molar-refractivity contribution in [2.75, 3.05) is 11.0 Å². The fourth-order valence-corrected chi connectivity index (χ4v) is 1.74. The van der Waals surface area contributed by atoms with Gasteiger partial charge in [0.2, 0.25) is 10.0 Å². The zero-order valence-corrected chi connectivity index (χ0v) is 11.0.